The third kappa shape index (κ3) is 4.65. The first kappa shape index (κ1) is 18.4. The van der Waals surface area contributed by atoms with Crippen molar-refractivity contribution < 1.29 is 13.9 Å². The predicted molar refractivity (Wildman–Crippen MR) is 103 cm³/mol. The van der Waals surface area contributed by atoms with Gasteiger partial charge in [0.25, 0.3) is 0 Å². The summed E-state index contributed by atoms with van der Waals surface area (Å²) in [5.74, 6) is 1.42. The molecule has 1 unspecified atom stereocenters. The molecule has 27 heavy (non-hydrogen) atoms. The van der Waals surface area contributed by atoms with Crippen LogP contribution in [0.5, 0.6) is 5.75 Å². The molecular weight excluding hydrogens is 347 g/mol. The normalized spacial score (nSPS) is 25.6. The Balaban J connectivity index is 1.42. The lowest BCUT2D eigenvalue weighted by molar-refractivity contribution is 0.142. The quantitative estimate of drug-likeness (QED) is 0.776. The van der Waals surface area contributed by atoms with Crippen molar-refractivity contribution in [3.05, 3.63) is 24.4 Å². The molecular formula is C20H27FN4O2. The van der Waals surface area contributed by atoms with E-state index in [1.807, 2.05) is 24.4 Å². The first-order chi connectivity index (χ1) is 13.3. The molecule has 2 heterocycles. The third-order valence-corrected chi connectivity index (χ3v) is 5.34. The van der Waals surface area contributed by atoms with Crippen LogP contribution in [0.15, 0.2) is 24.4 Å². The van der Waals surface area contributed by atoms with Gasteiger partial charge in [0.05, 0.1) is 13.2 Å². The Hall–Kier alpha value is -1.99. The van der Waals surface area contributed by atoms with Crippen LogP contribution in [0.4, 0.5) is 10.3 Å². The second-order valence-electron chi connectivity index (χ2n) is 7.33. The summed E-state index contributed by atoms with van der Waals surface area (Å²) in [6, 6.07) is 6.69. The number of aromatic nitrogens is 2. The first-order valence-corrected chi connectivity index (χ1v) is 9.88. The number of rotatable bonds is 7. The summed E-state index contributed by atoms with van der Waals surface area (Å²) in [5.41, 5.74) is 0.834. The lowest BCUT2D eigenvalue weighted by atomic mass is 9.91. The van der Waals surface area contributed by atoms with Gasteiger partial charge < -0.3 is 20.1 Å². The van der Waals surface area contributed by atoms with E-state index in [0.717, 1.165) is 55.4 Å². The largest absolute Gasteiger partial charge is 0.486 e. The Bertz CT molecular complexity index is 746. The monoisotopic (exact) mass is 374 g/mol. The molecule has 6 nitrogen and oxygen atoms in total. The van der Waals surface area contributed by atoms with E-state index in [1.165, 1.54) is 0 Å². The molecule has 146 valence electrons. The van der Waals surface area contributed by atoms with Crippen LogP contribution in [-0.2, 0) is 4.74 Å². The van der Waals surface area contributed by atoms with Crippen LogP contribution in [0.2, 0.25) is 0 Å². The number of hydrogen-bond donors (Lipinski definition) is 2. The van der Waals surface area contributed by atoms with E-state index >= 15 is 0 Å². The van der Waals surface area contributed by atoms with E-state index in [1.54, 1.807) is 0 Å². The van der Waals surface area contributed by atoms with E-state index in [2.05, 4.69) is 15.6 Å². The number of anilines is 1. The predicted octanol–water partition coefficient (Wildman–Crippen LogP) is 3.08. The molecule has 7 heteroatoms. The van der Waals surface area contributed by atoms with Crippen LogP contribution in [0.25, 0.3) is 10.9 Å². The summed E-state index contributed by atoms with van der Waals surface area (Å²) in [6.45, 7) is 1.53. The Morgan fingerprint density at radius 2 is 2.00 bits per heavy atom. The number of nitrogens with one attached hydrogen (secondary N) is 2. The number of benzene rings is 1. The lowest BCUT2D eigenvalue weighted by Gasteiger charge is -2.29. The summed E-state index contributed by atoms with van der Waals surface area (Å²) in [6.07, 6.45) is 6.99. The fourth-order valence-corrected chi connectivity index (χ4v) is 3.86. The summed E-state index contributed by atoms with van der Waals surface area (Å²) in [4.78, 5) is 9.20. The third-order valence-electron chi connectivity index (χ3n) is 5.34. The highest BCUT2D eigenvalue weighted by atomic mass is 19.1. The SMILES string of the molecule is FCCNC1CCC(Nc2ncc3cccc(OC4CCOC4)c3n2)CC1. The van der Waals surface area contributed by atoms with Gasteiger partial charge in [-0.05, 0) is 31.7 Å². The van der Waals surface area contributed by atoms with Crippen LogP contribution in [0, 0.1) is 0 Å². The summed E-state index contributed by atoms with van der Waals surface area (Å²) in [7, 11) is 0. The summed E-state index contributed by atoms with van der Waals surface area (Å²) in [5, 5.41) is 7.70. The summed E-state index contributed by atoms with van der Waals surface area (Å²) < 4.78 is 23.8. The van der Waals surface area contributed by atoms with Gasteiger partial charge in [-0.3, -0.25) is 0 Å². The van der Waals surface area contributed by atoms with E-state index < -0.39 is 0 Å². The zero-order valence-electron chi connectivity index (χ0n) is 15.5. The van der Waals surface area contributed by atoms with Crippen LogP contribution in [0.1, 0.15) is 32.1 Å². The number of fused-ring (bicyclic) bond motifs is 1. The molecule has 0 bridgehead atoms. The molecule has 2 N–H and O–H groups in total. The molecule has 1 aromatic heterocycles. The van der Waals surface area contributed by atoms with Crippen molar-refractivity contribution in [1.82, 2.24) is 15.3 Å². The summed E-state index contributed by atoms with van der Waals surface area (Å²) >= 11 is 0. The number of nitrogens with zero attached hydrogens (tertiary/aromatic N) is 2. The lowest BCUT2D eigenvalue weighted by Crippen LogP contribution is -2.38. The second kappa shape index (κ2) is 8.80. The van der Waals surface area contributed by atoms with Gasteiger partial charge in [-0.1, -0.05) is 12.1 Å². The van der Waals surface area contributed by atoms with E-state index in [0.29, 0.717) is 31.2 Å². The topological polar surface area (TPSA) is 68.3 Å². The van der Waals surface area contributed by atoms with Crippen LogP contribution >= 0.6 is 0 Å². The van der Waals surface area contributed by atoms with Crippen molar-refractivity contribution in [2.45, 2.75) is 50.3 Å². The van der Waals surface area contributed by atoms with Gasteiger partial charge in [0.15, 0.2) is 0 Å². The van der Waals surface area contributed by atoms with Gasteiger partial charge in [-0.15, -0.1) is 0 Å². The maximum Gasteiger partial charge on any atom is 0.223 e. The van der Waals surface area contributed by atoms with Crippen molar-refractivity contribution in [2.24, 2.45) is 0 Å². The van der Waals surface area contributed by atoms with Gasteiger partial charge >= 0.3 is 0 Å². The van der Waals surface area contributed by atoms with Gasteiger partial charge in [-0.25, -0.2) is 14.4 Å². The van der Waals surface area contributed by atoms with E-state index in [4.69, 9.17) is 14.5 Å². The highest BCUT2D eigenvalue weighted by Gasteiger charge is 2.22. The van der Waals surface area contributed by atoms with Crippen LogP contribution < -0.4 is 15.4 Å². The minimum absolute atomic E-state index is 0.0917. The Kier molecular flexibility index (Phi) is 5.99. The molecule has 1 atom stereocenters. The minimum atomic E-state index is -0.305. The Morgan fingerprint density at radius 1 is 1.15 bits per heavy atom. The smallest absolute Gasteiger partial charge is 0.223 e. The fraction of sp³-hybridized carbons (Fsp3) is 0.600. The van der Waals surface area contributed by atoms with Crippen molar-refractivity contribution in [2.75, 3.05) is 31.7 Å². The molecule has 4 rings (SSSR count). The Morgan fingerprint density at radius 3 is 2.78 bits per heavy atom. The van der Waals surface area contributed by atoms with Gasteiger partial charge in [0.2, 0.25) is 5.95 Å². The maximum absolute atomic E-state index is 12.3. The first-order valence-electron chi connectivity index (χ1n) is 9.88. The number of alkyl halides is 1. The number of para-hydroxylation sites is 1. The van der Waals surface area contributed by atoms with Crippen molar-refractivity contribution in [3.8, 4) is 5.75 Å². The molecule has 1 saturated heterocycles. The van der Waals surface area contributed by atoms with E-state index in [-0.39, 0.29) is 12.8 Å². The maximum atomic E-state index is 12.3. The molecule has 0 spiro atoms. The second-order valence-corrected chi connectivity index (χ2v) is 7.33. The van der Waals surface area contributed by atoms with E-state index in [9.17, 15) is 4.39 Å². The minimum Gasteiger partial charge on any atom is -0.486 e. The molecule has 0 radical (unpaired) electrons. The molecule has 0 amide bonds. The fourth-order valence-electron chi connectivity index (χ4n) is 3.86. The molecule has 1 aromatic carbocycles. The van der Waals surface area contributed by atoms with Crippen LogP contribution in [0.3, 0.4) is 0 Å². The molecule has 2 fully saturated rings. The van der Waals surface area contributed by atoms with Crippen LogP contribution in [-0.4, -0.2) is 54.6 Å². The molecule has 1 aliphatic heterocycles. The number of ether oxygens (including phenoxy) is 2. The highest BCUT2D eigenvalue weighted by Crippen LogP contribution is 2.27. The van der Waals surface area contributed by atoms with Crippen molar-refractivity contribution in [3.63, 3.8) is 0 Å². The molecule has 2 aliphatic rings. The van der Waals surface area contributed by atoms with Crippen molar-refractivity contribution in [1.29, 1.82) is 0 Å². The average molecular weight is 374 g/mol. The standard InChI is InChI=1S/C20H27FN4O2/c21-9-10-22-15-4-6-16(7-5-15)24-20-23-12-14-2-1-3-18(19(14)25-20)27-17-8-11-26-13-17/h1-3,12,15-17,22H,4-11,13H2,(H,23,24,25). The molecule has 1 aliphatic carbocycles. The highest BCUT2D eigenvalue weighted by molar-refractivity contribution is 5.84. The Labute approximate surface area is 158 Å². The number of hydrogen-bond acceptors (Lipinski definition) is 6. The molecule has 2 aromatic rings. The van der Waals surface area contributed by atoms with Gasteiger partial charge in [0, 0.05) is 36.6 Å². The molecule has 1 saturated carbocycles. The van der Waals surface area contributed by atoms with Gasteiger partial charge in [0.1, 0.15) is 24.0 Å². The van der Waals surface area contributed by atoms with Crippen molar-refractivity contribution >= 4 is 16.9 Å². The van der Waals surface area contributed by atoms with Gasteiger partial charge in [-0.2, -0.15) is 0 Å². The average Bonchev–Trinajstić information content (AvgIpc) is 3.21. The zero-order valence-corrected chi connectivity index (χ0v) is 15.5. The number of halogens is 1. The zero-order chi connectivity index (χ0) is 18.5.